The van der Waals surface area contributed by atoms with Crippen LogP contribution < -0.4 is 10.6 Å². The van der Waals surface area contributed by atoms with Crippen molar-refractivity contribution in [2.75, 3.05) is 39.8 Å². The van der Waals surface area contributed by atoms with Crippen molar-refractivity contribution >= 4 is 5.96 Å². The van der Waals surface area contributed by atoms with E-state index in [9.17, 15) is 4.39 Å². The van der Waals surface area contributed by atoms with E-state index in [-0.39, 0.29) is 5.82 Å². The molecule has 0 spiro atoms. The van der Waals surface area contributed by atoms with Crippen molar-refractivity contribution in [1.82, 2.24) is 15.5 Å². The Hall–Kier alpha value is -2.38. The van der Waals surface area contributed by atoms with E-state index in [1.165, 1.54) is 6.07 Å². The molecule has 1 aromatic carbocycles. The maximum Gasteiger partial charge on any atom is 0.190 e. The smallest absolute Gasteiger partial charge is 0.190 e. The van der Waals surface area contributed by atoms with Crippen molar-refractivity contribution in [2.45, 2.75) is 32.4 Å². The Balaban J connectivity index is 1.25. The predicted molar refractivity (Wildman–Crippen MR) is 117 cm³/mol. The van der Waals surface area contributed by atoms with Gasteiger partial charge in [-0.25, -0.2) is 4.39 Å². The van der Waals surface area contributed by atoms with E-state index in [1.807, 2.05) is 24.3 Å². The maximum absolute atomic E-state index is 13.8. The van der Waals surface area contributed by atoms with Crippen LogP contribution in [0.4, 0.5) is 4.39 Å². The van der Waals surface area contributed by atoms with Crippen molar-refractivity contribution in [3.63, 3.8) is 0 Å². The lowest BCUT2D eigenvalue weighted by atomic mass is 9.96. The SMILES string of the molecule is CN=C(NCCCOCc1ccco1)NCC1CCN(Cc2ccccc2F)CC1. The lowest BCUT2D eigenvalue weighted by Crippen LogP contribution is -2.43. The zero-order valence-electron chi connectivity index (χ0n) is 17.8. The van der Waals surface area contributed by atoms with Crippen LogP contribution in [0.3, 0.4) is 0 Å². The summed E-state index contributed by atoms with van der Waals surface area (Å²) in [4.78, 5) is 6.64. The Kier molecular flexibility index (Phi) is 9.18. The Morgan fingerprint density at radius 1 is 1.20 bits per heavy atom. The monoisotopic (exact) mass is 416 g/mol. The number of guanidine groups is 1. The fourth-order valence-electron chi connectivity index (χ4n) is 3.63. The first kappa shape index (κ1) is 22.3. The second-order valence-electron chi connectivity index (χ2n) is 7.68. The standard InChI is InChI=1S/C23H33FN4O2/c1-25-23(26-11-5-14-29-18-21-7-4-15-30-21)27-16-19-9-12-28(13-10-19)17-20-6-2-3-8-22(20)24/h2-4,6-8,15,19H,5,9-14,16-18H2,1H3,(H2,25,26,27). The highest BCUT2D eigenvalue weighted by Crippen LogP contribution is 2.19. The van der Waals surface area contributed by atoms with E-state index < -0.39 is 0 Å². The average Bonchev–Trinajstić information content (AvgIpc) is 3.29. The Morgan fingerprint density at radius 2 is 2.03 bits per heavy atom. The number of nitrogens with one attached hydrogen (secondary N) is 2. The third kappa shape index (κ3) is 7.46. The van der Waals surface area contributed by atoms with Gasteiger partial charge in [0.25, 0.3) is 0 Å². The molecule has 0 aliphatic carbocycles. The van der Waals surface area contributed by atoms with E-state index in [0.717, 1.165) is 62.7 Å². The summed E-state index contributed by atoms with van der Waals surface area (Å²) in [7, 11) is 1.79. The first-order valence-electron chi connectivity index (χ1n) is 10.7. The van der Waals surface area contributed by atoms with Gasteiger partial charge in [-0.15, -0.1) is 0 Å². The van der Waals surface area contributed by atoms with Gasteiger partial charge in [-0.1, -0.05) is 18.2 Å². The quantitative estimate of drug-likeness (QED) is 0.353. The second kappa shape index (κ2) is 12.3. The minimum Gasteiger partial charge on any atom is -0.467 e. The number of halogens is 1. The van der Waals surface area contributed by atoms with Crippen molar-refractivity contribution in [3.8, 4) is 0 Å². The van der Waals surface area contributed by atoms with Gasteiger partial charge in [-0.2, -0.15) is 0 Å². The first-order valence-corrected chi connectivity index (χ1v) is 10.7. The average molecular weight is 417 g/mol. The predicted octanol–water partition coefficient (Wildman–Crippen LogP) is 3.40. The summed E-state index contributed by atoms with van der Waals surface area (Å²) in [6, 6.07) is 10.8. The third-order valence-electron chi connectivity index (χ3n) is 5.42. The summed E-state index contributed by atoms with van der Waals surface area (Å²) in [6.45, 7) is 5.58. The molecule has 0 amide bonds. The van der Waals surface area contributed by atoms with Crippen LogP contribution in [0.25, 0.3) is 0 Å². The van der Waals surface area contributed by atoms with Crippen LogP contribution in [0, 0.1) is 11.7 Å². The molecule has 1 aliphatic rings. The van der Waals surface area contributed by atoms with Gasteiger partial charge >= 0.3 is 0 Å². The van der Waals surface area contributed by atoms with E-state index in [2.05, 4.69) is 20.5 Å². The second-order valence-corrected chi connectivity index (χ2v) is 7.68. The molecule has 0 unspecified atom stereocenters. The van der Waals surface area contributed by atoms with Crippen LogP contribution in [-0.4, -0.2) is 50.7 Å². The minimum absolute atomic E-state index is 0.109. The summed E-state index contributed by atoms with van der Waals surface area (Å²) < 4.78 is 24.7. The summed E-state index contributed by atoms with van der Waals surface area (Å²) in [6.07, 6.45) is 4.77. The number of piperidine rings is 1. The molecule has 0 saturated carbocycles. The lowest BCUT2D eigenvalue weighted by Gasteiger charge is -2.32. The maximum atomic E-state index is 13.8. The zero-order valence-corrected chi connectivity index (χ0v) is 17.8. The molecular weight excluding hydrogens is 383 g/mol. The molecule has 0 bridgehead atoms. The molecule has 1 saturated heterocycles. The Morgan fingerprint density at radius 3 is 2.77 bits per heavy atom. The number of likely N-dealkylation sites (tertiary alicyclic amines) is 1. The number of benzene rings is 1. The third-order valence-corrected chi connectivity index (χ3v) is 5.42. The van der Waals surface area contributed by atoms with Gasteiger partial charge in [0.15, 0.2) is 5.96 Å². The summed E-state index contributed by atoms with van der Waals surface area (Å²) >= 11 is 0. The van der Waals surface area contributed by atoms with Gasteiger partial charge < -0.3 is 19.8 Å². The van der Waals surface area contributed by atoms with Crippen LogP contribution >= 0.6 is 0 Å². The topological polar surface area (TPSA) is 62.0 Å². The van der Waals surface area contributed by atoms with Crippen LogP contribution in [-0.2, 0) is 17.9 Å². The molecular formula is C23H33FN4O2. The molecule has 0 atom stereocenters. The van der Waals surface area contributed by atoms with E-state index in [1.54, 1.807) is 19.4 Å². The molecule has 3 rings (SSSR count). The molecule has 2 aromatic rings. The van der Waals surface area contributed by atoms with E-state index in [0.29, 0.717) is 25.7 Å². The van der Waals surface area contributed by atoms with Crippen LogP contribution in [0.15, 0.2) is 52.1 Å². The van der Waals surface area contributed by atoms with Crippen LogP contribution in [0.1, 0.15) is 30.6 Å². The van der Waals surface area contributed by atoms with Crippen LogP contribution in [0.2, 0.25) is 0 Å². The molecule has 6 nitrogen and oxygen atoms in total. The highest BCUT2D eigenvalue weighted by Gasteiger charge is 2.20. The van der Waals surface area contributed by atoms with Crippen molar-refractivity contribution < 1.29 is 13.5 Å². The van der Waals surface area contributed by atoms with Crippen LogP contribution in [0.5, 0.6) is 0 Å². The van der Waals surface area contributed by atoms with Gasteiger partial charge in [0, 0.05) is 38.9 Å². The molecule has 30 heavy (non-hydrogen) atoms. The molecule has 1 aromatic heterocycles. The first-order chi connectivity index (χ1) is 14.7. The van der Waals surface area contributed by atoms with Crippen molar-refractivity contribution in [1.29, 1.82) is 0 Å². The number of nitrogens with zero attached hydrogens (tertiary/aromatic N) is 2. The van der Waals surface area contributed by atoms with Gasteiger partial charge in [-0.3, -0.25) is 9.89 Å². The Labute approximate surface area is 178 Å². The highest BCUT2D eigenvalue weighted by molar-refractivity contribution is 5.79. The fourth-order valence-corrected chi connectivity index (χ4v) is 3.63. The number of aliphatic imine (C=N–C) groups is 1. The summed E-state index contributed by atoms with van der Waals surface area (Å²) in [5.41, 5.74) is 0.784. The lowest BCUT2D eigenvalue weighted by molar-refractivity contribution is 0.105. The minimum atomic E-state index is -0.109. The normalized spacial score (nSPS) is 16.0. The molecule has 164 valence electrons. The van der Waals surface area contributed by atoms with Gasteiger partial charge in [0.05, 0.1) is 6.26 Å². The molecule has 2 heterocycles. The molecule has 1 aliphatic heterocycles. The summed E-state index contributed by atoms with van der Waals surface area (Å²) in [5.74, 6) is 2.18. The largest absolute Gasteiger partial charge is 0.467 e. The molecule has 1 fully saturated rings. The number of hydrogen-bond donors (Lipinski definition) is 2. The number of ether oxygens (including phenoxy) is 1. The van der Waals surface area contributed by atoms with Crippen molar-refractivity contribution in [3.05, 3.63) is 59.8 Å². The van der Waals surface area contributed by atoms with Gasteiger partial charge in [-0.05, 0) is 56.5 Å². The molecule has 2 N–H and O–H groups in total. The highest BCUT2D eigenvalue weighted by atomic mass is 19.1. The number of furan rings is 1. The number of hydrogen-bond acceptors (Lipinski definition) is 4. The summed E-state index contributed by atoms with van der Waals surface area (Å²) in [5, 5.41) is 6.76. The van der Waals surface area contributed by atoms with Gasteiger partial charge in [0.1, 0.15) is 18.2 Å². The molecule has 0 radical (unpaired) electrons. The number of rotatable bonds is 10. The van der Waals surface area contributed by atoms with E-state index in [4.69, 9.17) is 9.15 Å². The van der Waals surface area contributed by atoms with E-state index >= 15 is 0 Å². The molecule has 7 heteroatoms. The van der Waals surface area contributed by atoms with Crippen molar-refractivity contribution in [2.24, 2.45) is 10.9 Å². The fraction of sp³-hybridized carbons (Fsp3) is 0.522. The Bertz CT molecular complexity index is 758. The van der Waals surface area contributed by atoms with Gasteiger partial charge in [0.2, 0.25) is 0 Å². The zero-order chi connectivity index (χ0) is 21.0.